The third kappa shape index (κ3) is 5.66. The van der Waals surface area contributed by atoms with E-state index in [-0.39, 0.29) is 0 Å². The zero-order valence-corrected chi connectivity index (χ0v) is 8.34. The lowest BCUT2D eigenvalue weighted by molar-refractivity contribution is -0.0618. The van der Waals surface area contributed by atoms with Gasteiger partial charge in [-0.05, 0) is 13.8 Å². The molecule has 0 aromatic heterocycles. The molecule has 0 aliphatic carbocycles. The van der Waals surface area contributed by atoms with E-state index in [1.54, 1.807) is 0 Å². The molecule has 0 saturated carbocycles. The van der Waals surface area contributed by atoms with Crippen molar-refractivity contribution in [1.29, 1.82) is 0 Å². The molecule has 0 fully saturated rings. The van der Waals surface area contributed by atoms with E-state index in [1.807, 2.05) is 0 Å². The second-order valence-electron chi connectivity index (χ2n) is 2.61. The standard InChI is InChI=1S/C7H10F3N3O2/c1-4(2)12-13-5(7(8,9)10)11-6(14)15-3/h1-3H3,(H,11,13,14). The monoisotopic (exact) mass is 225 g/mol. The summed E-state index contributed by atoms with van der Waals surface area (Å²) in [6, 6.07) is 0. The summed E-state index contributed by atoms with van der Waals surface area (Å²) in [5, 5.41) is 7.46. The van der Waals surface area contributed by atoms with Crippen LogP contribution in [-0.4, -0.2) is 30.9 Å². The van der Waals surface area contributed by atoms with Crippen molar-refractivity contribution in [2.24, 2.45) is 10.2 Å². The summed E-state index contributed by atoms with van der Waals surface area (Å²) in [4.78, 5) is 10.6. The first kappa shape index (κ1) is 13.4. The van der Waals surface area contributed by atoms with Gasteiger partial charge >= 0.3 is 12.3 Å². The molecule has 0 aromatic rings. The number of ether oxygens (including phenoxy) is 1. The predicted octanol–water partition coefficient (Wildman–Crippen LogP) is 1.70. The molecule has 0 rings (SSSR count). The first-order chi connectivity index (χ1) is 6.77. The number of halogens is 3. The number of methoxy groups -OCH3 is 1. The van der Waals surface area contributed by atoms with Gasteiger partial charge in [-0.2, -0.15) is 18.3 Å². The molecule has 86 valence electrons. The smallest absolute Gasteiger partial charge is 0.451 e. The summed E-state index contributed by atoms with van der Waals surface area (Å²) in [6.07, 6.45) is -6.04. The minimum absolute atomic E-state index is 0.323. The molecule has 0 atom stereocenters. The molecule has 8 heteroatoms. The first-order valence-electron chi connectivity index (χ1n) is 3.78. The Morgan fingerprint density at radius 3 is 2.13 bits per heavy atom. The summed E-state index contributed by atoms with van der Waals surface area (Å²) in [7, 11) is 0.942. The number of nitrogens with one attached hydrogen (secondary N) is 1. The van der Waals surface area contributed by atoms with Crippen LogP contribution in [0.15, 0.2) is 10.2 Å². The molecule has 1 amide bonds. The number of hydrogen-bond acceptors (Lipinski definition) is 4. The molecule has 5 nitrogen and oxygen atoms in total. The lowest BCUT2D eigenvalue weighted by atomic mass is 10.5. The van der Waals surface area contributed by atoms with Crippen LogP contribution in [0, 0.1) is 0 Å². The molecule has 0 aliphatic heterocycles. The fourth-order valence-electron chi connectivity index (χ4n) is 0.450. The van der Waals surface area contributed by atoms with E-state index in [0.717, 1.165) is 7.11 Å². The zero-order valence-electron chi connectivity index (χ0n) is 8.34. The Bertz CT molecular complexity index is 292. The fraction of sp³-hybridized carbons (Fsp3) is 0.571. The highest BCUT2D eigenvalue weighted by molar-refractivity contribution is 5.98. The number of carbonyl (C=O) groups excluding carboxylic acids is 1. The highest BCUT2D eigenvalue weighted by Crippen LogP contribution is 2.16. The van der Waals surface area contributed by atoms with E-state index in [4.69, 9.17) is 0 Å². The van der Waals surface area contributed by atoms with Gasteiger partial charge in [0.1, 0.15) is 0 Å². The normalized spacial score (nSPS) is 12.0. The van der Waals surface area contributed by atoms with Crippen molar-refractivity contribution < 1.29 is 22.7 Å². The largest absolute Gasteiger partial charge is 0.453 e. The molecule has 1 N–H and O–H groups in total. The molecule has 0 radical (unpaired) electrons. The van der Waals surface area contributed by atoms with Crippen LogP contribution < -0.4 is 5.32 Å². The van der Waals surface area contributed by atoms with E-state index in [9.17, 15) is 18.0 Å². The van der Waals surface area contributed by atoms with Crippen LogP contribution in [0.1, 0.15) is 13.8 Å². The van der Waals surface area contributed by atoms with Gasteiger partial charge in [-0.15, -0.1) is 5.10 Å². The molecular formula is C7H10F3N3O2. The Hall–Kier alpha value is -1.60. The van der Waals surface area contributed by atoms with Crippen LogP contribution in [0.5, 0.6) is 0 Å². The Balaban J connectivity index is 4.83. The Morgan fingerprint density at radius 1 is 1.27 bits per heavy atom. The number of alkyl carbamates (subject to hydrolysis) is 1. The second-order valence-corrected chi connectivity index (χ2v) is 2.61. The lowest BCUT2D eigenvalue weighted by Crippen LogP contribution is -2.40. The van der Waals surface area contributed by atoms with Gasteiger partial charge in [0.2, 0.25) is 5.84 Å². The third-order valence-electron chi connectivity index (χ3n) is 1.02. The molecule has 0 bridgehead atoms. The number of rotatable bonds is 1. The number of hydrogen-bond donors (Lipinski definition) is 1. The summed E-state index contributed by atoms with van der Waals surface area (Å²) in [6.45, 7) is 2.94. The molecule has 15 heavy (non-hydrogen) atoms. The molecular weight excluding hydrogens is 215 g/mol. The van der Waals surface area contributed by atoms with Crippen molar-refractivity contribution in [3.63, 3.8) is 0 Å². The highest BCUT2D eigenvalue weighted by atomic mass is 19.4. The zero-order chi connectivity index (χ0) is 12.1. The quantitative estimate of drug-likeness (QED) is 0.419. The lowest BCUT2D eigenvalue weighted by Gasteiger charge is -2.09. The SMILES string of the molecule is COC(=O)N/C(=N/N=C(C)C)C(F)(F)F. The maximum Gasteiger partial charge on any atom is 0.451 e. The Labute approximate surface area is 84.0 Å². The van der Waals surface area contributed by atoms with Crippen LogP contribution in [0.2, 0.25) is 0 Å². The number of alkyl halides is 3. The van der Waals surface area contributed by atoms with Gasteiger partial charge < -0.3 is 4.74 Å². The highest BCUT2D eigenvalue weighted by Gasteiger charge is 2.38. The number of nitrogens with zero attached hydrogens (tertiary/aromatic N) is 2. The van der Waals surface area contributed by atoms with Crippen molar-refractivity contribution in [3.8, 4) is 0 Å². The van der Waals surface area contributed by atoms with Crippen LogP contribution in [-0.2, 0) is 4.74 Å². The van der Waals surface area contributed by atoms with Gasteiger partial charge in [0.15, 0.2) is 0 Å². The molecule has 0 aromatic carbocycles. The summed E-state index contributed by atoms with van der Waals surface area (Å²) in [5.74, 6) is -1.52. The molecule has 0 unspecified atom stereocenters. The van der Waals surface area contributed by atoms with Crippen LogP contribution in [0.25, 0.3) is 0 Å². The van der Waals surface area contributed by atoms with Gasteiger partial charge in [-0.25, -0.2) is 4.79 Å². The van der Waals surface area contributed by atoms with Crippen LogP contribution >= 0.6 is 0 Å². The number of amidine groups is 1. The summed E-state index contributed by atoms with van der Waals surface area (Å²) >= 11 is 0. The summed E-state index contributed by atoms with van der Waals surface area (Å²) < 4.78 is 40.6. The fourth-order valence-corrected chi connectivity index (χ4v) is 0.450. The molecule has 0 aliphatic rings. The molecule has 0 saturated heterocycles. The van der Waals surface area contributed by atoms with Gasteiger partial charge in [0.05, 0.1) is 7.11 Å². The third-order valence-corrected chi connectivity index (χ3v) is 1.02. The molecule has 0 heterocycles. The van der Waals surface area contributed by atoms with Gasteiger partial charge in [0.25, 0.3) is 0 Å². The van der Waals surface area contributed by atoms with E-state index >= 15 is 0 Å². The van der Waals surface area contributed by atoms with Gasteiger partial charge in [-0.3, -0.25) is 5.32 Å². The maximum atomic E-state index is 12.2. The average Bonchev–Trinajstić information content (AvgIpc) is 2.09. The van der Waals surface area contributed by atoms with Crippen molar-refractivity contribution in [3.05, 3.63) is 0 Å². The van der Waals surface area contributed by atoms with E-state index in [0.29, 0.717) is 5.71 Å². The van der Waals surface area contributed by atoms with Crippen LogP contribution in [0.4, 0.5) is 18.0 Å². The van der Waals surface area contributed by atoms with Crippen molar-refractivity contribution in [1.82, 2.24) is 5.32 Å². The second kappa shape index (κ2) is 5.32. The maximum absolute atomic E-state index is 12.2. The minimum Gasteiger partial charge on any atom is -0.453 e. The minimum atomic E-state index is -4.78. The van der Waals surface area contributed by atoms with Crippen molar-refractivity contribution in [2.75, 3.05) is 7.11 Å². The van der Waals surface area contributed by atoms with Gasteiger partial charge in [-0.1, -0.05) is 0 Å². The number of carbonyl (C=O) groups is 1. The molecule has 0 spiro atoms. The van der Waals surface area contributed by atoms with E-state index in [2.05, 4.69) is 14.9 Å². The summed E-state index contributed by atoms with van der Waals surface area (Å²) in [5.41, 5.74) is 0.323. The van der Waals surface area contributed by atoms with E-state index in [1.165, 1.54) is 19.2 Å². The predicted molar refractivity (Wildman–Crippen MR) is 47.8 cm³/mol. The number of amides is 1. The Kier molecular flexibility index (Phi) is 4.75. The van der Waals surface area contributed by atoms with Gasteiger partial charge in [0, 0.05) is 5.71 Å². The van der Waals surface area contributed by atoms with Crippen LogP contribution in [0.3, 0.4) is 0 Å². The topological polar surface area (TPSA) is 63.0 Å². The average molecular weight is 225 g/mol. The Morgan fingerprint density at radius 2 is 1.80 bits per heavy atom. The van der Waals surface area contributed by atoms with Crippen molar-refractivity contribution >= 4 is 17.6 Å². The van der Waals surface area contributed by atoms with E-state index < -0.39 is 18.1 Å². The van der Waals surface area contributed by atoms with Crippen molar-refractivity contribution in [2.45, 2.75) is 20.0 Å². The first-order valence-corrected chi connectivity index (χ1v) is 3.78.